The van der Waals surface area contributed by atoms with Crippen LogP contribution in [0.1, 0.15) is 38.3 Å². The van der Waals surface area contributed by atoms with Gasteiger partial charge < -0.3 is 9.88 Å². The second-order valence-electron chi connectivity index (χ2n) is 9.34. The fourth-order valence-electron chi connectivity index (χ4n) is 4.35. The Morgan fingerprint density at radius 3 is 2.31 bits per heavy atom. The molecule has 1 aromatic heterocycles. The highest BCUT2D eigenvalue weighted by atomic mass is 32.2. The van der Waals surface area contributed by atoms with Gasteiger partial charge in [-0.2, -0.15) is 23.7 Å². The van der Waals surface area contributed by atoms with Crippen LogP contribution >= 0.6 is 0 Å². The van der Waals surface area contributed by atoms with E-state index in [2.05, 4.69) is 9.68 Å². The third kappa shape index (κ3) is 6.82. The Morgan fingerprint density at radius 1 is 1.02 bits per heavy atom. The van der Waals surface area contributed by atoms with E-state index in [4.69, 9.17) is 10.5 Å². The van der Waals surface area contributed by atoms with Crippen LogP contribution in [-0.2, 0) is 30.0 Å². The molecule has 0 saturated carbocycles. The standard InChI is InChI=1S/C31H24F3N5O2S/c1-20-28(24-4-3-5-25(14-24)31(32,33)34)29(40)27(18-39(20)17-23-8-6-21(15-35)7-9-23)30(41)37-16-22-10-12-26(13-11-22)42(2)38-19-36/h3-14,18H,16-17H2,1-2H3,(H,37,41). The van der Waals surface area contributed by atoms with Gasteiger partial charge in [0.25, 0.3) is 5.91 Å². The predicted molar refractivity (Wildman–Crippen MR) is 153 cm³/mol. The molecule has 0 aliphatic carbocycles. The van der Waals surface area contributed by atoms with E-state index in [-0.39, 0.29) is 29.8 Å². The summed E-state index contributed by atoms with van der Waals surface area (Å²) in [6, 6.07) is 20.4. The summed E-state index contributed by atoms with van der Waals surface area (Å²) < 4.78 is 45.9. The summed E-state index contributed by atoms with van der Waals surface area (Å²) in [5.41, 5.74) is 0.561. The second kappa shape index (κ2) is 12.7. The molecule has 4 aromatic rings. The molecule has 1 atom stereocenters. The van der Waals surface area contributed by atoms with Crippen LogP contribution in [0.15, 0.2) is 93.0 Å². The van der Waals surface area contributed by atoms with Gasteiger partial charge in [-0.25, -0.2) is 0 Å². The number of amides is 1. The Labute approximate surface area is 242 Å². The summed E-state index contributed by atoms with van der Waals surface area (Å²) in [5.74, 6) is -0.680. The Morgan fingerprint density at radius 2 is 1.69 bits per heavy atom. The van der Waals surface area contributed by atoms with Crippen LogP contribution < -0.4 is 10.7 Å². The summed E-state index contributed by atoms with van der Waals surface area (Å²) >= 11 is 0. The molecule has 42 heavy (non-hydrogen) atoms. The van der Waals surface area contributed by atoms with Crippen molar-refractivity contribution in [3.63, 3.8) is 0 Å². The molecule has 1 unspecified atom stereocenters. The van der Waals surface area contributed by atoms with Crippen molar-refractivity contribution in [3.8, 4) is 23.4 Å². The topological polar surface area (TPSA) is 111 Å². The number of hydrogen-bond acceptors (Lipinski definition) is 5. The van der Waals surface area contributed by atoms with Crippen LogP contribution in [0.25, 0.3) is 11.1 Å². The molecular formula is C31H24F3N5O2S. The van der Waals surface area contributed by atoms with E-state index in [1.165, 1.54) is 18.3 Å². The monoisotopic (exact) mass is 587 g/mol. The number of carbonyl (C=O) groups excluding carboxylic acids is 1. The predicted octanol–water partition coefficient (Wildman–Crippen LogP) is 5.96. The van der Waals surface area contributed by atoms with Crippen LogP contribution in [0.5, 0.6) is 0 Å². The van der Waals surface area contributed by atoms with Crippen LogP contribution in [0.2, 0.25) is 0 Å². The van der Waals surface area contributed by atoms with Gasteiger partial charge in [-0.05, 0) is 66.3 Å². The maximum absolute atomic E-state index is 13.6. The molecule has 1 amide bonds. The largest absolute Gasteiger partial charge is 0.416 e. The lowest BCUT2D eigenvalue weighted by Gasteiger charge is -2.18. The van der Waals surface area contributed by atoms with Crippen molar-refractivity contribution in [2.45, 2.75) is 31.1 Å². The maximum atomic E-state index is 13.6. The second-order valence-corrected chi connectivity index (χ2v) is 11.0. The average molecular weight is 588 g/mol. The fourth-order valence-corrected chi connectivity index (χ4v) is 5.11. The first-order chi connectivity index (χ1) is 20.0. The normalized spacial score (nSPS) is 11.9. The lowest BCUT2D eigenvalue weighted by Crippen LogP contribution is -2.31. The number of hydrogen-bond donors (Lipinski definition) is 1. The molecule has 7 nitrogen and oxygen atoms in total. The Balaban J connectivity index is 1.73. The van der Waals surface area contributed by atoms with Crippen molar-refractivity contribution in [1.82, 2.24) is 9.88 Å². The first-order valence-corrected chi connectivity index (χ1v) is 14.1. The van der Waals surface area contributed by atoms with Gasteiger partial charge >= 0.3 is 6.18 Å². The number of alkyl halides is 3. The minimum atomic E-state index is -4.61. The highest BCUT2D eigenvalue weighted by molar-refractivity contribution is 7.86. The van der Waals surface area contributed by atoms with Gasteiger partial charge in [0, 0.05) is 35.4 Å². The Kier molecular flexibility index (Phi) is 9.04. The molecule has 0 radical (unpaired) electrons. The fraction of sp³-hybridized carbons (Fsp3) is 0.161. The quantitative estimate of drug-likeness (QED) is 0.269. The number of nitrogens with zero attached hydrogens (tertiary/aromatic N) is 4. The third-order valence-electron chi connectivity index (χ3n) is 6.60. The Hall–Kier alpha value is -5.00. The molecule has 1 heterocycles. The van der Waals surface area contributed by atoms with E-state index >= 15 is 0 Å². The smallest absolute Gasteiger partial charge is 0.348 e. The minimum Gasteiger partial charge on any atom is -0.348 e. The van der Waals surface area contributed by atoms with Gasteiger partial charge in [0.15, 0.2) is 0 Å². The number of rotatable bonds is 7. The molecule has 0 fully saturated rings. The number of halogens is 3. The maximum Gasteiger partial charge on any atom is 0.416 e. The van der Waals surface area contributed by atoms with Crippen LogP contribution in [0, 0.1) is 29.7 Å². The zero-order valence-electron chi connectivity index (χ0n) is 22.6. The number of nitriles is 2. The van der Waals surface area contributed by atoms with Gasteiger partial charge in [0.2, 0.25) is 11.6 Å². The number of pyridine rings is 1. The Bertz CT molecular complexity index is 1810. The van der Waals surface area contributed by atoms with Gasteiger partial charge in [0.05, 0.1) is 17.2 Å². The first kappa shape index (κ1) is 30.0. The SMILES string of the molecule is Cc1c(-c2cccc(C(F)(F)F)c2)c(=O)c(C(=O)NCc2ccc(S(C)=NC#N)cc2)cn1Cc1ccc(C#N)cc1. The van der Waals surface area contributed by atoms with E-state index in [1.807, 2.05) is 12.3 Å². The van der Waals surface area contributed by atoms with E-state index in [0.717, 1.165) is 28.2 Å². The van der Waals surface area contributed by atoms with Crippen molar-refractivity contribution in [3.05, 3.63) is 123 Å². The first-order valence-electron chi connectivity index (χ1n) is 12.6. The number of nitrogens with one attached hydrogen (secondary N) is 1. The number of carbonyl (C=O) groups is 1. The average Bonchev–Trinajstić information content (AvgIpc) is 2.98. The molecular weight excluding hydrogens is 563 g/mol. The van der Waals surface area contributed by atoms with Crippen molar-refractivity contribution >= 4 is 16.6 Å². The van der Waals surface area contributed by atoms with Crippen LogP contribution in [0.4, 0.5) is 13.2 Å². The van der Waals surface area contributed by atoms with Crippen molar-refractivity contribution < 1.29 is 18.0 Å². The molecule has 3 aromatic carbocycles. The molecule has 212 valence electrons. The van der Waals surface area contributed by atoms with Crippen molar-refractivity contribution in [2.75, 3.05) is 6.26 Å². The molecule has 0 spiro atoms. The molecule has 1 N–H and O–H groups in total. The summed E-state index contributed by atoms with van der Waals surface area (Å²) in [7, 11) is -0.593. The summed E-state index contributed by atoms with van der Waals surface area (Å²) in [6.45, 7) is 1.91. The van der Waals surface area contributed by atoms with E-state index in [1.54, 1.807) is 66.2 Å². The number of aromatic nitrogens is 1. The summed E-state index contributed by atoms with van der Waals surface area (Å²) in [6.07, 6.45) is 0.374. The molecule has 11 heteroatoms. The third-order valence-corrected chi connectivity index (χ3v) is 7.91. The van der Waals surface area contributed by atoms with E-state index in [0.29, 0.717) is 11.3 Å². The highest BCUT2D eigenvalue weighted by Gasteiger charge is 2.31. The zero-order chi connectivity index (χ0) is 30.4. The molecule has 4 rings (SSSR count). The molecule has 0 saturated heterocycles. The lowest BCUT2D eigenvalue weighted by molar-refractivity contribution is -0.137. The van der Waals surface area contributed by atoms with Crippen LogP contribution in [0.3, 0.4) is 0 Å². The van der Waals surface area contributed by atoms with Crippen LogP contribution in [-0.4, -0.2) is 16.7 Å². The van der Waals surface area contributed by atoms with E-state index in [9.17, 15) is 22.8 Å². The number of benzene rings is 3. The summed E-state index contributed by atoms with van der Waals surface area (Å²) in [4.78, 5) is 27.8. The van der Waals surface area contributed by atoms with Gasteiger partial charge in [0.1, 0.15) is 5.56 Å². The molecule has 0 bridgehead atoms. The molecule has 0 aliphatic rings. The van der Waals surface area contributed by atoms with Gasteiger partial charge in [-0.3, -0.25) is 9.59 Å². The van der Waals surface area contributed by atoms with Gasteiger partial charge in [-0.15, -0.1) is 4.36 Å². The summed E-state index contributed by atoms with van der Waals surface area (Å²) in [5, 5.41) is 20.6. The highest BCUT2D eigenvalue weighted by Crippen LogP contribution is 2.32. The molecule has 0 aliphatic heterocycles. The zero-order valence-corrected chi connectivity index (χ0v) is 23.4. The van der Waals surface area contributed by atoms with Gasteiger partial charge in [-0.1, -0.05) is 47.1 Å². The minimum absolute atomic E-state index is 0.0111. The van der Waals surface area contributed by atoms with Crippen molar-refractivity contribution in [2.24, 2.45) is 4.36 Å². The van der Waals surface area contributed by atoms with E-state index < -0.39 is 33.8 Å². The lowest BCUT2D eigenvalue weighted by atomic mass is 9.98. The van der Waals surface area contributed by atoms with Crippen molar-refractivity contribution in [1.29, 1.82) is 10.5 Å².